The molecule has 1 fully saturated rings. The third kappa shape index (κ3) is 3.41. The normalized spacial score (nSPS) is 29.1. The summed E-state index contributed by atoms with van der Waals surface area (Å²) in [6.07, 6.45) is 2.44. The van der Waals surface area contributed by atoms with Crippen LogP contribution in [0, 0.1) is 5.92 Å². The summed E-state index contributed by atoms with van der Waals surface area (Å²) >= 11 is 0. The molecule has 2 atom stereocenters. The minimum atomic E-state index is -0.626. The van der Waals surface area contributed by atoms with Crippen LogP contribution in [0.15, 0.2) is 12.2 Å². The molecule has 0 aromatic rings. The van der Waals surface area contributed by atoms with Crippen LogP contribution >= 0.6 is 0 Å². The standard InChI is InChI=1S/C12H22FN/c1-4-10(2)5-7-14-8-6-11(3)12(13)9-14/h11-12H,2,4-9H2,1,3H3. The van der Waals surface area contributed by atoms with E-state index in [2.05, 4.69) is 18.4 Å². The van der Waals surface area contributed by atoms with E-state index >= 15 is 0 Å². The van der Waals surface area contributed by atoms with E-state index in [9.17, 15) is 4.39 Å². The number of hydrogen-bond donors (Lipinski definition) is 0. The molecule has 14 heavy (non-hydrogen) atoms. The molecule has 0 bridgehead atoms. The van der Waals surface area contributed by atoms with Crippen LogP contribution < -0.4 is 0 Å². The highest BCUT2D eigenvalue weighted by molar-refractivity contribution is 4.93. The molecule has 1 aliphatic rings. The molecule has 0 amide bonds. The zero-order valence-electron chi connectivity index (χ0n) is 9.43. The van der Waals surface area contributed by atoms with Crippen LogP contribution in [-0.2, 0) is 0 Å². The molecule has 0 N–H and O–H groups in total. The van der Waals surface area contributed by atoms with E-state index in [0.717, 1.165) is 32.4 Å². The SMILES string of the molecule is C=C(CC)CCN1CCC(C)C(F)C1. The quantitative estimate of drug-likeness (QED) is 0.629. The number of rotatable bonds is 4. The fraction of sp³-hybridized carbons (Fsp3) is 0.833. The monoisotopic (exact) mass is 199 g/mol. The maximum atomic E-state index is 13.4. The number of piperidine rings is 1. The Kier molecular flexibility index (Phi) is 4.59. The first-order valence-corrected chi connectivity index (χ1v) is 5.66. The van der Waals surface area contributed by atoms with Crippen LogP contribution in [0.3, 0.4) is 0 Å². The van der Waals surface area contributed by atoms with Gasteiger partial charge in [0.15, 0.2) is 0 Å². The van der Waals surface area contributed by atoms with E-state index in [4.69, 9.17) is 0 Å². The molecule has 82 valence electrons. The van der Waals surface area contributed by atoms with E-state index < -0.39 is 6.17 Å². The summed E-state index contributed by atoms with van der Waals surface area (Å²) in [7, 11) is 0. The lowest BCUT2D eigenvalue weighted by atomic mass is 9.97. The van der Waals surface area contributed by atoms with Crippen LogP contribution in [0.1, 0.15) is 33.1 Å². The van der Waals surface area contributed by atoms with Crippen molar-refractivity contribution >= 4 is 0 Å². The van der Waals surface area contributed by atoms with Gasteiger partial charge in [0.1, 0.15) is 6.17 Å². The molecule has 0 radical (unpaired) electrons. The Bertz CT molecular complexity index is 191. The maximum Gasteiger partial charge on any atom is 0.115 e. The second-order valence-electron chi connectivity index (χ2n) is 4.44. The molecule has 1 aliphatic heterocycles. The summed E-state index contributed by atoms with van der Waals surface area (Å²) in [5, 5.41) is 0. The van der Waals surface area contributed by atoms with Gasteiger partial charge in [-0.15, -0.1) is 0 Å². The molecule has 0 aromatic heterocycles. The van der Waals surface area contributed by atoms with Gasteiger partial charge in [-0.3, -0.25) is 0 Å². The Hall–Kier alpha value is -0.370. The van der Waals surface area contributed by atoms with Gasteiger partial charge in [-0.2, -0.15) is 0 Å². The molecule has 2 heteroatoms. The van der Waals surface area contributed by atoms with Crippen LogP contribution in [0.2, 0.25) is 0 Å². The Morgan fingerprint density at radius 2 is 2.29 bits per heavy atom. The van der Waals surface area contributed by atoms with Gasteiger partial charge in [0.05, 0.1) is 0 Å². The van der Waals surface area contributed by atoms with Gasteiger partial charge in [-0.05, 0) is 31.7 Å². The number of nitrogens with zero attached hydrogens (tertiary/aromatic N) is 1. The Morgan fingerprint density at radius 3 is 2.86 bits per heavy atom. The Labute approximate surface area is 87.0 Å². The van der Waals surface area contributed by atoms with E-state index in [1.165, 1.54) is 5.57 Å². The van der Waals surface area contributed by atoms with Gasteiger partial charge >= 0.3 is 0 Å². The summed E-state index contributed by atoms with van der Waals surface area (Å²) in [5.74, 6) is 0.251. The first-order valence-electron chi connectivity index (χ1n) is 5.66. The molecule has 2 unspecified atom stereocenters. The van der Waals surface area contributed by atoms with Gasteiger partial charge < -0.3 is 4.90 Å². The lowest BCUT2D eigenvalue weighted by molar-refractivity contribution is 0.0942. The van der Waals surface area contributed by atoms with Gasteiger partial charge in [-0.1, -0.05) is 26.0 Å². The highest BCUT2D eigenvalue weighted by Crippen LogP contribution is 2.20. The summed E-state index contributed by atoms with van der Waals surface area (Å²) < 4.78 is 13.4. The topological polar surface area (TPSA) is 3.24 Å². The predicted molar refractivity (Wildman–Crippen MR) is 59.2 cm³/mol. The molecule has 1 saturated heterocycles. The van der Waals surface area contributed by atoms with E-state index in [1.807, 2.05) is 6.92 Å². The van der Waals surface area contributed by atoms with Gasteiger partial charge in [0.2, 0.25) is 0 Å². The fourth-order valence-electron chi connectivity index (χ4n) is 1.78. The van der Waals surface area contributed by atoms with Crippen molar-refractivity contribution in [1.29, 1.82) is 0 Å². The summed E-state index contributed by atoms with van der Waals surface area (Å²) in [5.41, 5.74) is 1.28. The van der Waals surface area contributed by atoms with Crippen LogP contribution in [0.25, 0.3) is 0 Å². The van der Waals surface area contributed by atoms with Crippen molar-refractivity contribution in [3.8, 4) is 0 Å². The summed E-state index contributed by atoms with van der Waals surface area (Å²) in [6.45, 7) is 10.8. The molecule has 1 heterocycles. The lowest BCUT2D eigenvalue weighted by Gasteiger charge is -2.33. The molecular formula is C12H22FN. The van der Waals surface area contributed by atoms with Crippen molar-refractivity contribution in [2.24, 2.45) is 5.92 Å². The van der Waals surface area contributed by atoms with Crippen molar-refractivity contribution in [3.63, 3.8) is 0 Å². The average Bonchev–Trinajstić information content (AvgIpc) is 2.19. The van der Waals surface area contributed by atoms with Gasteiger partial charge in [0, 0.05) is 13.1 Å². The molecular weight excluding hydrogens is 177 g/mol. The van der Waals surface area contributed by atoms with Crippen molar-refractivity contribution in [3.05, 3.63) is 12.2 Å². The smallest absolute Gasteiger partial charge is 0.115 e. The van der Waals surface area contributed by atoms with E-state index in [0.29, 0.717) is 6.54 Å². The minimum absolute atomic E-state index is 0.251. The molecule has 0 saturated carbocycles. The number of halogens is 1. The van der Waals surface area contributed by atoms with Crippen LogP contribution in [-0.4, -0.2) is 30.7 Å². The average molecular weight is 199 g/mol. The fourth-order valence-corrected chi connectivity index (χ4v) is 1.78. The Balaban J connectivity index is 2.23. The summed E-state index contributed by atoms with van der Waals surface area (Å²) in [4.78, 5) is 2.23. The predicted octanol–water partition coefficient (Wildman–Crippen LogP) is 3.02. The van der Waals surface area contributed by atoms with E-state index in [-0.39, 0.29) is 5.92 Å². The van der Waals surface area contributed by atoms with Crippen molar-refractivity contribution in [1.82, 2.24) is 4.90 Å². The maximum absolute atomic E-state index is 13.4. The number of likely N-dealkylation sites (tertiary alicyclic amines) is 1. The van der Waals surface area contributed by atoms with Crippen LogP contribution in [0.5, 0.6) is 0 Å². The molecule has 0 spiro atoms. The van der Waals surface area contributed by atoms with Crippen molar-refractivity contribution in [2.75, 3.05) is 19.6 Å². The zero-order valence-corrected chi connectivity index (χ0v) is 9.43. The summed E-state index contributed by atoms with van der Waals surface area (Å²) in [6, 6.07) is 0. The third-order valence-electron chi connectivity index (χ3n) is 3.23. The molecule has 1 rings (SSSR count). The van der Waals surface area contributed by atoms with Gasteiger partial charge in [-0.25, -0.2) is 4.39 Å². The van der Waals surface area contributed by atoms with E-state index in [1.54, 1.807) is 0 Å². The minimum Gasteiger partial charge on any atom is -0.300 e. The first-order chi connectivity index (χ1) is 6.63. The van der Waals surface area contributed by atoms with Gasteiger partial charge in [0.25, 0.3) is 0 Å². The van der Waals surface area contributed by atoms with Crippen molar-refractivity contribution in [2.45, 2.75) is 39.3 Å². The largest absolute Gasteiger partial charge is 0.300 e. The first kappa shape index (κ1) is 11.7. The second kappa shape index (κ2) is 5.50. The molecule has 0 aliphatic carbocycles. The second-order valence-corrected chi connectivity index (χ2v) is 4.44. The highest BCUT2D eigenvalue weighted by atomic mass is 19.1. The van der Waals surface area contributed by atoms with Crippen molar-refractivity contribution < 1.29 is 4.39 Å². The Morgan fingerprint density at radius 1 is 1.57 bits per heavy atom. The lowest BCUT2D eigenvalue weighted by Crippen LogP contribution is -2.41. The molecule has 1 nitrogen and oxygen atoms in total. The highest BCUT2D eigenvalue weighted by Gasteiger charge is 2.25. The third-order valence-corrected chi connectivity index (χ3v) is 3.23. The molecule has 0 aromatic carbocycles. The zero-order chi connectivity index (χ0) is 10.6. The number of hydrogen-bond acceptors (Lipinski definition) is 1. The van der Waals surface area contributed by atoms with Crippen LogP contribution in [0.4, 0.5) is 4.39 Å². The number of alkyl halides is 1.